The number of hydrogen-bond donors (Lipinski definition) is 0. The summed E-state index contributed by atoms with van der Waals surface area (Å²) in [5, 5.41) is 0. The van der Waals surface area contributed by atoms with Gasteiger partial charge in [-0.25, -0.2) is 8.78 Å². The molecule has 0 aliphatic rings. The Morgan fingerprint density at radius 1 is 1.30 bits per heavy atom. The number of hydrogen-bond acceptors (Lipinski definition) is 0. The topological polar surface area (TPSA) is 0 Å². The molecule has 1 rings (SSSR count). The molecule has 0 aliphatic heterocycles. The third-order valence-corrected chi connectivity index (χ3v) is 1.50. The Labute approximate surface area is 63.3 Å². The molecule has 0 aromatic heterocycles. The SMILES string of the molecule is Fc1cccc(C[S])c1F. The molecule has 53 valence electrons. The van der Waals surface area contributed by atoms with Crippen molar-refractivity contribution in [1.82, 2.24) is 0 Å². The Morgan fingerprint density at radius 2 is 2.00 bits per heavy atom. The van der Waals surface area contributed by atoms with Gasteiger partial charge in [-0.1, -0.05) is 24.8 Å². The van der Waals surface area contributed by atoms with Crippen LogP contribution >= 0.6 is 12.6 Å². The minimum absolute atomic E-state index is 0.115. The summed E-state index contributed by atoms with van der Waals surface area (Å²) in [6.45, 7) is 0. The first-order valence-corrected chi connectivity index (χ1v) is 3.34. The molecule has 3 heteroatoms. The van der Waals surface area contributed by atoms with E-state index < -0.39 is 11.6 Å². The first-order chi connectivity index (χ1) is 4.75. The lowest BCUT2D eigenvalue weighted by Crippen LogP contribution is -1.89. The van der Waals surface area contributed by atoms with E-state index in [0.29, 0.717) is 0 Å². The van der Waals surface area contributed by atoms with Crippen LogP contribution in [0, 0.1) is 11.6 Å². The van der Waals surface area contributed by atoms with Gasteiger partial charge in [0.25, 0.3) is 0 Å². The standard InChI is InChI=1S/C7H5F2S/c8-6-3-1-2-5(4-10)7(6)9/h1-3H,4H2. The van der Waals surface area contributed by atoms with Crippen molar-refractivity contribution in [1.29, 1.82) is 0 Å². The molecular weight excluding hydrogens is 154 g/mol. The molecule has 0 fully saturated rings. The van der Waals surface area contributed by atoms with E-state index in [1.165, 1.54) is 12.1 Å². The Morgan fingerprint density at radius 3 is 2.50 bits per heavy atom. The van der Waals surface area contributed by atoms with Crippen molar-refractivity contribution in [3.63, 3.8) is 0 Å². The minimum Gasteiger partial charge on any atom is -0.204 e. The molecule has 0 spiro atoms. The molecule has 0 saturated carbocycles. The van der Waals surface area contributed by atoms with Crippen LogP contribution in [-0.4, -0.2) is 0 Å². The van der Waals surface area contributed by atoms with Crippen LogP contribution in [0.1, 0.15) is 5.56 Å². The largest absolute Gasteiger partial charge is 0.204 e. The molecular formula is C7H5F2S. The average Bonchev–Trinajstić information content (AvgIpc) is 1.95. The van der Waals surface area contributed by atoms with Gasteiger partial charge in [0.2, 0.25) is 0 Å². The fourth-order valence-electron chi connectivity index (χ4n) is 0.660. The zero-order chi connectivity index (χ0) is 7.56. The van der Waals surface area contributed by atoms with Gasteiger partial charge in [-0.3, -0.25) is 0 Å². The first kappa shape index (κ1) is 7.54. The highest BCUT2D eigenvalue weighted by molar-refractivity contribution is 7.79. The van der Waals surface area contributed by atoms with Crippen LogP contribution in [0.4, 0.5) is 8.78 Å². The Kier molecular flexibility index (Phi) is 2.27. The smallest absolute Gasteiger partial charge is 0.162 e. The third kappa shape index (κ3) is 1.29. The van der Waals surface area contributed by atoms with Crippen molar-refractivity contribution in [2.45, 2.75) is 5.75 Å². The van der Waals surface area contributed by atoms with E-state index in [-0.39, 0.29) is 11.3 Å². The van der Waals surface area contributed by atoms with Gasteiger partial charge in [-0.2, -0.15) is 0 Å². The van der Waals surface area contributed by atoms with Gasteiger partial charge >= 0.3 is 0 Å². The van der Waals surface area contributed by atoms with Crippen molar-refractivity contribution in [2.24, 2.45) is 0 Å². The lowest BCUT2D eigenvalue weighted by molar-refractivity contribution is 0.502. The normalized spacial score (nSPS) is 9.90. The second kappa shape index (κ2) is 3.01. The molecule has 1 aromatic rings. The van der Waals surface area contributed by atoms with Crippen molar-refractivity contribution in [3.8, 4) is 0 Å². The third-order valence-electron chi connectivity index (χ3n) is 1.19. The van der Waals surface area contributed by atoms with Gasteiger partial charge in [0.1, 0.15) is 0 Å². The summed E-state index contributed by atoms with van der Waals surface area (Å²) in [7, 11) is 0. The lowest BCUT2D eigenvalue weighted by Gasteiger charge is -1.96. The molecule has 0 unspecified atom stereocenters. The summed E-state index contributed by atoms with van der Waals surface area (Å²) in [4.78, 5) is 0. The Bertz CT molecular complexity index is 235. The second-order valence-electron chi connectivity index (χ2n) is 1.86. The highest BCUT2D eigenvalue weighted by Crippen LogP contribution is 2.12. The van der Waals surface area contributed by atoms with Gasteiger partial charge in [-0.15, -0.1) is 0 Å². The van der Waals surface area contributed by atoms with Crippen molar-refractivity contribution < 1.29 is 8.78 Å². The van der Waals surface area contributed by atoms with Crippen LogP contribution in [0.25, 0.3) is 0 Å². The molecule has 1 aromatic carbocycles. The van der Waals surface area contributed by atoms with E-state index in [2.05, 4.69) is 12.6 Å². The molecule has 0 atom stereocenters. The lowest BCUT2D eigenvalue weighted by atomic mass is 10.2. The highest BCUT2D eigenvalue weighted by atomic mass is 32.1. The summed E-state index contributed by atoms with van der Waals surface area (Å²) in [5.41, 5.74) is 0.245. The maximum atomic E-state index is 12.6. The maximum absolute atomic E-state index is 12.6. The number of benzene rings is 1. The molecule has 0 amide bonds. The van der Waals surface area contributed by atoms with Gasteiger partial charge < -0.3 is 0 Å². The summed E-state index contributed by atoms with van der Waals surface area (Å²) >= 11 is 4.56. The van der Waals surface area contributed by atoms with Gasteiger partial charge in [0.15, 0.2) is 11.6 Å². The van der Waals surface area contributed by atoms with E-state index in [1.54, 1.807) is 0 Å². The van der Waals surface area contributed by atoms with Crippen LogP contribution in [0.5, 0.6) is 0 Å². The molecule has 10 heavy (non-hydrogen) atoms. The van der Waals surface area contributed by atoms with Gasteiger partial charge in [0, 0.05) is 11.3 Å². The molecule has 1 radical (unpaired) electrons. The van der Waals surface area contributed by atoms with Crippen molar-refractivity contribution in [2.75, 3.05) is 0 Å². The van der Waals surface area contributed by atoms with Crippen LogP contribution in [0.3, 0.4) is 0 Å². The minimum atomic E-state index is -0.831. The number of rotatable bonds is 1. The first-order valence-electron chi connectivity index (χ1n) is 2.76. The van der Waals surface area contributed by atoms with Crippen LogP contribution < -0.4 is 0 Å². The Hall–Kier alpha value is -0.570. The molecule has 0 N–H and O–H groups in total. The molecule has 0 bridgehead atoms. The van der Waals surface area contributed by atoms with E-state index in [1.807, 2.05) is 0 Å². The Balaban J connectivity index is 3.14. The molecule has 0 nitrogen and oxygen atoms in total. The van der Waals surface area contributed by atoms with Gasteiger partial charge in [0.05, 0.1) is 0 Å². The van der Waals surface area contributed by atoms with E-state index in [9.17, 15) is 8.78 Å². The molecule has 0 heterocycles. The average molecular weight is 159 g/mol. The predicted molar refractivity (Wildman–Crippen MR) is 37.7 cm³/mol. The summed E-state index contributed by atoms with van der Waals surface area (Å²) in [5.74, 6) is -1.54. The summed E-state index contributed by atoms with van der Waals surface area (Å²) in [6, 6.07) is 4.00. The highest BCUT2D eigenvalue weighted by Gasteiger charge is 2.04. The van der Waals surface area contributed by atoms with Crippen molar-refractivity contribution >= 4 is 12.6 Å². The number of halogens is 2. The monoisotopic (exact) mass is 159 g/mol. The van der Waals surface area contributed by atoms with Gasteiger partial charge in [-0.05, 0) is 6.07 Å². The predicted octanol–water partition coefficient (Wildman–Crippen LogP) is 2.66. The summed E-state index contributed by atoms with van der Waals surface area (Å²) in [6.07, 6.45) is 0. The van der Waals surface area contributed by atoms with E-state index in [0.717, 1.165) is 6.07 Å². The van der Waals surface area contributed by atoms with Crippen molar-refractivity contribution in [3.05, 3.63) is 35.4 Å². The summed E-state index contributed by atoms with van der Waals surface area (Å²) < 4.78 is 24.9. The maximum Gasteiger partial charge on any atom is 0.162 e. The molecule has 0 aliphatic carbocycles. The van der Waals surface area contributed by atoms with Crippen LogP contribution in [-0.2, 0) is 5.75 Å². The zero-order valence-electron chi connectivity index (χ0n) is 5.10. The fourth-order valence-corrected chi connectivity index (χ4v) is 0.883. The van der Waals surface area contributed by atoms with E-state index >= 15 is 0 Å². The zero-order valence-corrected chi connectivity index (χ0v) is 5.92. The molecule has 0 saturated heterocycles. The second-order valence-corrected chi connectivity index (χ2v) is 2.15. The van der Waals surface area contributed by atoms with Crippen LogP contribution in [0.15, 0.2) is 18.2 Å². The fraction of sp³-hybridized carbons (Fsp3) is 0.143. The quantitative estimate of drug-likeness (QED) is 0.591. The van der Waals surface area contributed by atoms with E-state index in [4.69, 9.17) is 0 Å². The van der Waals surface area contributed by atoms with Crippen LogP contribution in [0.2, 0.25) is 0 Å².